The molecule has 0 unspecified atom stereocenters. The van der Waals surface area contributed by atoms with Gasteiger partial charge in [0.15, 0.2) is 0 Å². The van der Waals surface area contributed by atoms with Gasteiger partial charge in [-0.3, -0.25) is 0 Å². The summed E-state index contributed by atoms with van der Waals surface area (Å²) in [6, 6.07) is 66.3. The van der Waals surface area contributed by atoms with Gasteiger partial charge in [-0.15, -0.1) is 0 Å². The second-order valence-electron chi connectivity index (χ2n) is 12.2. The molecule has 1 heteroatoms. The molecule has 0 saturated carbocycles. The lowest BCUT2D eigenvalue weighted by atomic mass is 9.67. The summed E-state index contributed by atoms with van der Waals surface area (Å²) in [5.41, 5.74) is 11.8. The van der Waals surface area contributed by atoms with Crippen LogP contribution in [0.3, 0.4) is 0 Å². The van der Waals surface area contributed by atoms with Crippen molar-refractivity contribution >= 4 is 32.9 Å². The molecule has 9 rings (SSSR count). The number of anilines is 2. The van der Waals surface area contributed by atoms with Crippen LogP contribution in [0.1, 0.15) is 22.3 Å². The number of benzene rings is 8. The second kappa shape index (κ2) is 10.6. The van der Waals surface area contributed by atoms with Gasteiger partial charge in [0, 0.05) is 16.9 Å². The van der Waals surface area contributed by atoms with Crippen LogP contribution in [0, 0.1) is 0 Å². The summed E-state index contributed by atoms with van der Waals surface area (Å²) in [6.45, 7) is 0. The Kier molecular flexibility index (Phi) is 6.11. The molecule has 8 aromatic rings. The summed E-state index contributed by atoms with van der Waals surface area (Å²) in [5.74, 6) is 0. The lowest BCUT2D eigenvalue weighted by Crippen LogP contribution is -2.28. The molecule has 1 aliphatic carbocycles. The zero-order valence-electron chi connectivity index (χ0n) is 25.3. The molecule has 46 heavy (non-hydrogen) atoms. The molecule has 0 fully saturated rings. The molecule has 0 saturated heterocycles. The number of nitrogens with one attached hydrogen (secondary N) is 1. The molecule has 1 N–H and O–H groups in total. The van der Waals surface area contributed by atoms with E-state index in [-0.39, 0.29) is 0 Å². The van der Waals surface area contributed by atoms with E-state index in [1.165, 1.54) is 66.1 Å². The molecule has 216 valence electrons. The maximum Gasteiger partial charge on any atom is 0.0714 e. The van der Waals surface area contributed by atoms with Crippen molar-refractivity contribution in [3.63, 3.8) is 0 Å². The van der Waals surface area contributed by atoms with E-state index < -0.39 is 5.41 Å². The Bertz CT molecular complexity index is 2350. The fourth-order valence-electron chi connectivity index (χ4n) is 7.70. The number of rotatable bonds is 5. The Morgan fingerprint density at radius 1 is 0.370 bits per heavy atom. The molecular formula is C45H31N. The van der Waals surface area contributed by atoms with E-state index in [9.17, 15) is 0 Å². The van der Waals surface area contributed by atoms with Crippen LogP contribution in [0.4, 0.5) is 11.4 Å². The highest BCUT2D eigenvalue weighted by Gasteiger charge is 2.46. The summed E-state index contributed by atoms with van der Waals surface area (Å²) in [6.07, 6.45) is 0. The Balaban J connectivity index is 1.19. The number of hydrogen-bond acceptors (Lipinski definition) is 1. The first-order valence-corrected chi connectivity index (χ1v) is 15.9. The summed E-state index contributed by atoms with van der Waals surface area (Å²) in [4.78, 5) is 0. The Hall–Kier alpha value is -5.92. The predicted octanol–water partition coefficient (Wildman–Crippen LogP) is 11.8. The predicted molar refractivity (Wildman–Crippen MR) is 194 cm³/mol. The fourth-order valence-corrected chi connectivity index (χ4v) is 7.70. The third kappa shape index (κ3) is 4.02. The summed E-state index contributed by atoms with van der Waals surface area (Å²) < 4.78 is 0. The van der Waals surface area contributed by atoms with Crippen LogP contribution in [0.15, 0.2) is 182 Å². The van der Waals surface area contributed by atoms with Crippen LogP contribution < -0.4 is 5.32 Å². The molecule has 1 nitrogen and oxygen atoms in total. The van der Waals surface area contributed by atoms with Gasteiger partial charge in [-0.2, -0.15) is 0 Å². The minimum absolute atomic E-state index is 0.424. The monoisotopic (exact) mass is 585 g/mol. The molecule has 1 aliphatic rings. The SMILES string of the molecule is c1ccc(C2(c3ccccc3)c3ccccc3-c3ccc(Nc4ccccc4-c4ccc5c(ccc6ccccc65)c4)cc32)cc1. The van der Waals surface area contributed by atoms with Gasteiger partial charge in [0.05, 0.1) is 5.41 Å². The van der Waals surface area contributed by atoms with Crippen molar-refractivity contribution in [3.05, 3.63) is 204 Å². The van der Waals surface area contributed by atoms with Crippen molar-refractivity contribution in [2.45, 2.75) is 5.41 Å². The standard InChI is InChI=1S/C45H31N/c1-3-14-34(15-4-1)45(35-16-5-2-6-17-35)42-21-11-9-20-40(42)41-28-26-36(30-43(41)45)46-44-22-12-10-19-39(44)33-25-27-38-32(29-33)24-23-31-13-7-8-18-37(31)38/h1-30,46H. The second-order valence-corrected chi connectivity index (χ2v) is 12.2. The number of fused-ring (bicyclic) bond motifs is 6. The molecule has 0 radical (unpaired) electrons. The molecule has 0 spiro atoms. The van der Waals surface area contributed by atoms with Crippen LogP contribution in [0.2, 0.25) is 0 Å². The normalized spacial score (nSPS) is 13.0. The van der Waals surface area contributed by atoms with E-state index in [0.717, 1.165) is 11.4 Å². The van der Waals surface area contributed by atoms with Crippen molar-refractivity contribution in [1.82, 2.24) is 0 Å². The van der Waals surface area contributed by atoms with Crippen LogP contribution >= 0.6 is 0 Å². The maximum absolute atomic E-state index is 3.85. The van der Waals surface area contributed by atoms with E-state index in [1.54, 1.807) is 0 Å². The smallest absolute Gasteiger partial charge is 0.0714 e. The molecule has 8 aromatic carbocycles. The van der Waals surface area contributed by atoms with Crippen LogP contribution in [0.5, 0.6) is 0 Å². The van der Waals surface area contributed by atoms with Gasteiger partial charge in [0.1, 0.15) is 0 Å². The molecule has 0 bridgehead atoms. The van der Waals surface area contributed by atoms with Crippen molar-refractivity contribution < 1.29 is 0 Å². The summed E-state index contributed by atoms with van der Waals surface area (Å²) >= 11 is 0. The molecule has 0 atom stereocenters. The van der Waals surface area contributed by atoms with E-state index >= 15 is 0 Å². The third-order valence-corrected chi connectivity index (χ3v) is 9.72. The topological polar surface area (TPSA) is 12.0 Å². The van der Waals surface area contributed by atoms with Gasteiger partial charge < -0.3 is 5.32 Å². The lowest BCUT2D eigenvalue weighted by molar-refractivity contribution is 0.769. The van der Waals surface area contributed by atoms with Gasteiger partial charge >= 0.3 is 0 Å². The Morgan fingerprint density at radius 2 is 0.978 bits per heavy atom. The van der Waals surface area contributed by atoms with E-state index in [4.69, 9.17) is 0 Å². The first-order chi connectivity index (χ1) is 22.8. The first kappa shape index (κ1) is 26.5. The Labute approximate surface area is 269 Å². The zero-order valence-corrected chi connectivity index (χ0v) is 25.3. The molecule has 0 aliphatic heterocycles. The van der Waals surface area contributed by atoms with Gasteiger partial charge in [0.25, 0.3) is 0 Å². The van der Waals surface area contributed by atoms with Gasteiger partial charge in [-0.25, -0.2) is 0 Å². The fraction of sp³-hybridized carbons (Fsp3) is 0.0222. The summed E-state index contributed by atoms with van der Waals surface area (Å²) in [7, 11) is 0. The summed E-state index contributed by atoms with van der Waals surface area (Å²) in [5, 5.41) is 8.93. The largest absolute Gasteiger partial charge is 0.355 e. The van der Waals surface area contributed by atoms with Crippen LogP contribution in [-0.2, 0) is 5.41 Å². The molecular weight excluding hydrogens is 555 g/mol. The average Bonchev–Trinajstić information content (AvgIpc) is 3.42. The molecule has 0 amide bonds. The quantitative estimate of drug-likeness (QED) is 0.198. The van der Waals surface area contributed by atoms with Crippen LogP contribution in [0.25, 0.3) is 43.8 Å². The van der Waals surface area contributed by atoms with Crippen molar-refractivity contribution in [2.75, 3.05) is 5.32 Å². The van der Waals surface area contributed by atoms with E-state index in [2.05, 4.69) is 187 Å². The Morgan fingerprint density at radius 3 is 1.78 bits per heavy atom. The number of para-hydroxylation sites is 1. The van der Waals surface area contributed by atoms with Crippen molar-refractivity contribution in [1.29, 1.82) is 0 Å². The first-order valence-electron chi connectivity index (χ1n) is 15.9. The van der Waals surface area contributed by atoms with E-state index in [0.29, 0.717) is 0 Å². The minimum Gasteiger partial charge on any atom is -0.355 e. The highest BCUT2D eigenvalue weighted by molar-refractivity contribution is 6.08. The van der Waals surface area contributed by atoms with E-state index in [1.807, 2.05) is 0 Å². The molecule has 0 aromatic heterocycles. The van der Waals surface area contributed by atoms with Gasteiger partial charge in [0.2, 0.25) is 0 Å². The van der Waals surface area contributed by atoms with Crippen molar-refractivity contribution in [3.8, 4) is 22.3 Å². The minimum atomic E-state index is -0.424. The zero-order chi connectivity index (χ0) is 30.5. The number of hydrogen-bond donors (Lipinski definition) is 1. The van der Waals surface area contributed by atoms with Crippen molar-refractivity contribution in [2.24, 2.45) is 0 Å². The molecule has 0 heterocycles. The van der Waals surface area contributed by atoms with Crippen LogP contribution in [-0.4, -0.2) is 0 Å². The maximum atomic E-state index is 3.85. The lowest BCUT2D eigenvalue weighted by Gasteiger charge is -2.34. The highest BCUT2D eigenvalue weighted by Crippen LogP contribution is 2.56. The van der Waals surface area contributed by atoms with Gasteiger partial charge in [-0.1, -0.05) is 158 Å². The van der Waals surface area contributed by atoms with Gasteiger partial charge in [-0.05, 0) is 84.8 Å². The third-order valence-electron chi connectivity index (χ3n) is 9.72. The highest BCUT2D eigenvalue weighted by atomic mass is 14.9. The average molecular weight is 586 g/mol.